The molecule has 4 rings (SSSR count). The van der Waals surface area contributed by atoms with Gasteiger partial charge >= 0.3 is 5.97 Å². The van der Waals surface area contributed by atoms with Crippen LogP contribution in [0.4, 0.5) is 0 Å². The Balaban J connectivity index is 1.61. The number of fused-ring (bicyclic) bond motifs is 1. The number of methoxy groups -OCH3 is 2. The number of ether oxygens (including phenoxy) is 2. The molecular formula is C17H18ClN3O3. The van der Waals surface area contributed by atoms with Crippen molar-refractivity contribution in [1.82, 2.24) is 15.0 Å². The molecule has 2 saturated carbocycles. The van der Waals surface area contributed by atoms with Crippen LogP contribution in [0.2, 0.25) is 5.02 Å². The van der Waals surface area contributed by atoms with Crippen LogP contribution in [0.5, 0.6) is 5.75 Å². The lowest BCUT2D eigenvalue weighted by Crippen LogP contribution is -2.17. The smallest absolute Gasteiger partial charge is 0.312 e. The fourth-order valence-electron chi connectivity index (χ4n) is 4.03. The minimum absolute atomic E-state index is 0.0909. The molecule has 7 heteroatoms. The van der Waals surface area contributed by atoms with Crippen molar-refractivity contribution in [3.05, 3.63) is 29.4 Å². The molecule has 6 nitrogen and oxygen atoms in total. The molecule has 1 aromatic heterocycles. The maximum atomic E-state index is 12.0. The average molecular weight is 348 g/mol. The van der Waals surface area contributed by atoms with Crippen LogP contribution in [-0.2, 0) is 9.53 Å². The SMILES string of the molecule is COC(=O)[C@@]12CC[C@@H](n3cc(-c4cc(Cl)ccc4OC)nn3)[C@@H]1C2. The topological polar surface area (TPSA) is 66.2 Å². The summed E-state index contributed by atoms with van der Waals surface area (Å²) in [5.41, 5.74) is 1.23. The van der Waals surface area contributed by atoms with Gasteiger partial charge in [-0.3, -0.25) is 4.79 Å². The van der Waals surface area contributed by atoms with E-state index >= 15 is 0 Å². The molecule has 0 unspecified atom stereocenters. The van der Waals surface area contributed by atoms with Crippen LogP contribution in [0.1, 0.15) is 25.3 Å². The molecule has 0 amide bonds. The Bertz CT molecular complexity index is 806. The van der Waals surface area contributed by atoms with E-state index in [9.17, 15) is 4.79 Å². The monoisotopic (exact) mass is 347 g/mol. The van der Waals surface area contributed by atoms with Crippen molar-refractivity contribution < 1.29 is 14.3 Å². The molecular weight excluding hydrogens is 330 g/mol. The summed E-state index contributed by atoms with van der Waals surface area (Å²) in [7, 11) is 3.07. The molecule has 1 aromatic carbocycles. The van der Waals surface area contributed by atoms with Crippen LogP contribution in [-0.4, -0.2) is 35.2 Å². The molecule has 0 N–H and O–H groups in total. The Morgan fingerprint density at radius 3 is 2.96 bits per heavy atom. The van der Waals surface area contributed by atoms with Gasteiger partial charge in [0, 0.05) is 10.6 Å². The van der Waals surface area contributed by atoms with Gasteiger partial charge in [0.05, 0.1) is 31.9 Å². The molecule has 2 aromatic rings. The second kappa shape index (κ2) is 5.48. The number of halogens is 1. The van der Waals surface area contributed by atoms with Crippen LogP contribution in [0.15, 0.2) is 24.4 Å². The maximum absolute atomic E-state index is 12.0. The van der Waals surface area contributed by atoms with E-state index in [4.69, 9.17) is 21.1 Å². The number of hydrogen-bond donors (Lipinski definition) is 0. The van der Waals surface area contributed by atoms with Gasteiger partial charge in [-0.2, -0.15) is 0 Å². The fourth-order valence-corrected chi connectivity index (χ4v) is 4.20. The lowest BCUT2D eigenvalue weighted by Gasteiger charge is -2.10. The molecule has 2 fully saturated rings. The predicted octanol–water partition coefficient (Wildman–Crippen LogP) is 3.12. The lowest BCUT2D eigenvalue weighted by atomic mass is 10.1. The highest BCUT2D eigenvalue weighted by molar-refractivity contribution is 6.30. The Morgan fingerprint density at radius 2 is 2.25 bits per heavy atom. The Labute approximate surface area is 144 Å². The van der Waals surface area contributed by atoms with E-state index in [1.807, 2.05) is 23.0 Å². The first-order valence-corrected chi connectivity index (χ1v) is 8.31. The summed E-state index contributed by atoms with van der Waals surface area (Å²) in [6.45, 7) is 0. The third-order valence-electron chi connectivity index (χ3n) is 5.36. The van der Waals surface area contributed by atoms with E-state index in [-0.39, 0.29) is 17.4 Å². The van der Waals surface area contributed by atoms with Crippen LogP contribution in [0, 0.1) is 11.3 Å². The first-order valence-electron chi connectivity index (χ1n) is 7.93. The molecule has 2 aliphatic carbocycles. The zero-order valence-electron chi connectivity index (χ0n) is 13.5. The number of rotatable bonds is 4. The van der Waals surface area contributed by atoms with E-state index in [1.165, 1.54) is 7.11 Å². The van der Waals surface area contributed by atoms with E-state index in [2.05, 4.69) is 10.3 Å². The molecule has 2 aliphatic rings. The highest BCUT2D eigenvalue weighted by Gasteiger charge is 2.68. The van der Waals surface area contributed by atoms with Crippen molar-refractivity contribution in [2.45, 2.75) is 25.3 Å². The minimum atomic E-state index is -0.292. The van der Waals surface area contributed by atoms with Crippen molar-refractivity contribution in [3.8, 4) is 17.0 Å². The molecule has 0 saturated heterocycles. The number of benzene rings is 1. The quantitative estimate of drug-likeness (QED) is 0.795. The van der Waals surface area contributed by atoms with Crippen molar-refractivity contribution in [3.63, 3.8) is 0 Å². The van der Waals surface area contributed by atoms with Crippen LogP contribution >= 0.6 is 11.6 Å². The second-order valence-electron chi connectivity index (χ2n) is 6.49. The summed E-state index contributed by atoms with van der Waals surface area (Å²) in [5.74, 6) is 0.904. The summed E-state index contributed by atoms with van der Waals surface area (Å²) in [5, 5.41) is 9.19. The van der Waals surface area contributed by atoms with E-state index in [1.54, 1.807) is 13.2 Å². The summed E-state index contributed by atoms with van der Waals surface area (Å²) in [4.78, 5) is 12.0. The number of aromatic nitrogens is 3. The number of nitrogens with zero attached hydrogens (tertiary/aromatic N) is 3. The van der Waals surface area contributed by atoms with Crippen molar-refractivity contribution in [1.29, 1.82) is 0 Å². The largest absolute Gasteiger partial charge is 0.496 e. The molecule has 0 bridgehead atoms. The van der Waals surface area contributed by atoms with Gasteiger partial charge < -0.3 is 9.47 Å². The van der Waals surface area contributed by atoms with Crippen LogP contribution in [0.25, 0.3) is 11.3 Å². The summed E-state index contributed by atoms with van der Waals surface area (Å²) < 4.78 is 12.2. The standard InChI is InChI=1S/C17H18ClN3O3/c1-23-15-4-3-10(18)7-11(15)13-9-21(20-19-13)14-5-6-17(8-12(14)17)16(22)24-2/h3-4,7,9,12,14H,5-6,8H2,1-2H3/t12-,14+,17+/m0/s1. The van der Waals surface area contributed by atoms with Gasteiger partial charge in [0.1, 0.15) is 11.4 Å². The molecule has 24 heavy (non-hydrogen) atoms. The number of carbonyl (C=O) groups is 1. The predicted molar refractivity (Wildman–Crippen MR) is 87.8 cm³/mol. The van der Waals surface area contributed by atoms with E-state index < -0.39 is 0 Å². The number of esters is 1. The summed E-state index contributed by atoms with van der Waals surface area (Å²) >= 11 is 6.09. The van der Waals surface area contributed by atoms with Crippen LogP contribution in [0.3, 0.4) is 0 Å². The molecule has 0 aliphatic heterocycles. The highest BCUT2D eigenvalue weighted by atomic mass is 35.5. The molecule has 126 valence electrons. The normalized spacial score (nSPS) is 27.6. The highest BCUT2D eigenvalue weighted by Crippen LogP contribution is 2.68. The third kappa shape index (κ3) is 2.20. The maximum Gasteiger partial charge on any atom is 0.312 e. The molecule has 3 atom stereocenters. The first-order chi connectivity index (χ1) is 11.6. The van der Waals surface area contributed by atoms with Gasteiger partial charge in [0.25, 0.3) is 0 Å². The molecule has 1 heterocycles. The molecule has 0 spiro atoms. The van der Waals surface area contributed by atoms with E-state index in [0.717, 1.165) is 24.8 Å². The number of carbonyl (C=O) groups excluding carboxylic acids is 1. The van der Waals surface area contributed by atoms with Crippen molar-refractivity contribution >= 4 is 17.6 Å². The minimum Gasteiger partial charge on any atom is -0.496 e. The number of hydrogen-bond acceptors (Lipinski definition) is 5. The zero-order chi connectivity index (χ0) is 16.9. The van der Waals surface area contributed by atoms with Gasteiger partial charge in [-0.15, -0.1) is 5.10 Å². The second-order valence-corrected chi connectivity index (χ2v) is 6.93. The van der Waals surface area contributed by atoms with E-state index in [0.29, 0.717) is 22.4 Å². The Hall–Kier alpha value is -2.08. The van der Waals surface area contributed by atoms with Crippen molar-refractivity contribution in [2.24, 2.45) is 11.3 Å². The van der Waals surface area contributed by atoms with Gasteiger partial charge in [0.15, 0.2) is 0 Å². The summed E-state index contributed by atoms with van der Waals surface area (Å²) in [6, 6.07) is 5.60. The Kier molecular flexibility index (Phi) is 3.53. The van der Waals surface area contributed by atoms with Gasteiger partial charge in [0.2, 0.25) is 0 Å². The Morgan fingerprint density at radius 1 is 1.42 bits per heavy atom. The molecule has 0 radical (unpaired) electrons. The van der Waals surface area contributed by atoms with Crippen LogP contribution < -0.4 is 4.74 Å². The third-order valence-corrected chi connectivity index (χ3v) is 5.60. The van der Waals surface area contributed by atoms with Gasteiger partial charge in [-0.25, -0.2) is 4.68 Å². The lowest BCUT2D eigenvalue weighted by molar-refractivity contribution is -0.147. The zero-order valence-corrected chi connectivity index (χ0v) is 14.3. The van der Waals surface area contributed by atoms with Crippen molar-refractivity contribution in [2.75, 3.05) is 14.2 Å². The first kappa shape index (κ1) is 15.4. The summed E-state index contributed by atoms with van der Waals surface area (Å²) in [6.07, 6.45) is 4.55. The fraction of sp³-hybridized carbons (Fsp3) is 0.471. The van der Waals surface area contributed by atoms with Gasteiger partial charge in [-0.1, -0.05) is 16.8 Å². The van der Waals surface area contributed by atoms with Gasteiger partial charge in [-0.05, 0) is 43.4 Å². The average Bonchev–Trinajstić information content (AvgIpc) is 2.96.